The standard InChI is InChI=1S/C10H22N2O2/c1-10(2,13)3-4-12-5-6-14-8-9(12)7-11/h9,13H,3-8,11H2,1-2H3. The minimum atomic E-state index is -0.586. The molecule has 0 aromatic rings. The van der Waals surface area contributed by atoms with E-state index in [1.165, 1.54) is 0 Å². The SMILES string of the molecule is CC(C)(O)CCN1CCOCC1CN. The van der Waals surface area contributed by atoms with Crippen molar-refractivity contribution in [3.63, 3.8) is 0 Å². The highest BCUT2D eigenvalue weighted by atomic mass is 16.5. The van der Waals surface area contributed by atoms with Crippen molar-refractivity contribution in [3.8, 4) is 0 Å². The summed E-state index contributed by atoms with van der Waals surface area (Å²) in [5, 5.41) is 9.62. The van der Waals surface area contributed by atoms with Gasteiger partial charge in [-0.25, -0.2) is 0 Å². The molecular formula is C10H22N2O2. The molecule has 4 nitrogen and oxygen atoms in total. The maximum Gasteiger partial charge on any atom is 0.0634 e. The fraction of sp³-hybridized carbons (Fsp3) is 1.00. The van der Waals surface area contributed by atoms with Gasteiger partial charge >= 0.3 is 0 Å². The van der Waals surface area contributed by atoms with Crippen LogP contribution < -0.4 is 5.73 Å². The van der Waals surface area contributed by atoms with E-state index in [1.807, 2.05) is 13.8 Å². The summed E-state index contributed by atoms with van der Waals surface area (Å²) in [7, 11) is 0. The van der Waals surface area contributed by atoms with Crippen molar-refractivity contribution in [2.75, 3.05) is 32.8 Å². The number of hydrogen-bond acceptors (Lipinski definition) is 4. The van der Waals surface area contributed by atoms with E-state index in [0.29, 0.717) is 12.6 Å². The van der Waals surface area contributed by atoms with Gasteiger partial charge in [-0.2, -0.15) is 0 Å². The van der Waals surface area contributed by atoms with Crippen LogP contribution >= 0.6 is 0 Å². The van der Waals surface area contributed by atoms with Gasteiger partial charge in [0.1, 0.15) is 0 Å². The molecule has 1 atom stereocenters. The van der Waals surface area contributed by atoms with Gasteiger partial charge in [-0.05, 0) is 20.3 Å². The second kappa shape index (κ2) is 5.07. The molecule has 0 radical (unpaired) electrons. The molecule has 0 spiro atoms. The first kappa shape index (κ1) is 11.9. The lowest BCUT2D eigenvalue weighted by atomic mass is 10.0. The van der Waals surface area contributed by atoms with Crippen LogP contribution in [0.2, 0.25) is 0 Å². The lowest BCUT2D eigenvalue weighted by Crippen LogP contribution is -2.50. The van der Waals surface area contributed by atoms with Crippen molar-refractivity contribution in [1.82, 2.24) is 4.90 Å². The maximum atomic E-state index is 9.62. The van der Waals surface area contributed by atoms with E-state index in [2.05, 4.69) is 4.90 Å². The van der Waals surface area contributed by atoms with Gasteiger partial charge in [0.25, 0.3) is 0 Å². The molecular weight excluding hydrogens is 180 g/mol. The van der Waals surface area contributed by atoms with E-state index < -0.39 is 5.60 Å². The first-order valence-corrected chi connectivity index (χ1v) is 5.27. The second-order valence-corrected chi connectivity index (χ2v) is 4.56. The fourth-order valence-electron chi connectivity index (χ4n) is 1.62. The molecule has 1 aliphatic rings. The Labute approximate surface area is 86.0 Å². The van der Waals surface area contributed by atoms with Crippen LogP contribution in [0.15, 0.2) is 0 Å². The highest BCUT2D eigenvalue weighted by Gasteiger charge is 2.23. The summed E-state index contributed by atoms with van der Waals surface area (Å²) in [6, 6.07) is 0.325. The third-order valence-corrected chi connectivity index (χ3v) is 2.63. The average molecular weight is 202 g/mol. The van der Waals surface area contributed by atoms with Crippen LogP contribution in [-0.4, -0.2) is 54.5 Å². The van der Waals surface area contributed by atoms with Crippen LogP contribution in [0.5, 0.6) is 0 Å². The van der Waals surface area contributed by atoms with E-state index in [-0.39, 0.29) is 0 Å². The Morgan fingerprint density at radius 3 is 2.86 bits per heavy atom. The lowest BCUT2D eigenvalue weighted by Gasteiger charge is -2.36. The summed E-state index contributed by atoms with van der Waals surface area (Å²) in [6.07, 6.45) is 0.781. The normalized spacial score (nSPS) is 25.3. The van der Waals surface area contributed by atoms with Crippen molar-refractivity contribution < 1.29 is 9.84 Å². The largest absolute Gasteiger partial charge is 0.390 e. The van der Waals surface area contributed by atoms with Crippen molar-refractivity contribution >= 4 is 0 Å². The van der Waals surface area contributed by atoms with E-state index in [1.54, 1.807) is 0 Å². The predicted molar refractivity (Wildman–Crippen MR) is 56.1 cm³/mol. The zero-order valence-corrected chi connectivity index (χ0v) is 9.20. The van der Waals surface area contributed by atoms with Crippen LogP contribution in [0.4, 0.5) is 0 Å². The number of ether oxygens (including phenoxy) is 1. The smallest absolute Gasteiger partial charge is 0.0634 e. The maximum absolute atomic E-state index is 9.62. The van der Waals surface area contributed by atoms with Gasteiger partial charge in [-0.1, -0.05) is 0 Å². The van der Waals surface area contributed by atoms with Crippen LogP contribution in [-0.2, 0) is 4.74 Å². The second-order valence-electron chi connectivity index (χ2n) is 4.56. The Morgan fingerprint density at radius 2 is 2.29 bits per heavy atom. The Bertz CT molecular complexity index is 168. The van der Waals surface area contributed by atoms with E-state index in [9.17, 15) is 5.11 Å². The fourth-order valence-corrected chi connectivity index (χ4v) is 1.62. The minimum Gasteiger partial charge on any atom is -0.390 e. The Kier molecular flexibility index (Phi) is 4.31. The highest BCUT2D eigenvalue weighted by molar-refractivity contribution is 4.78. The van der Waals surface area contributed by atoms with Crippen LogP contribution in [0.3, 0.4) is 0 Å². The molecule has 1 heterocycles. The van der Waals surface area contributed by atoms with Crippen molar-refractivity contribution in [1.29, 1.82) is 0 Å². The van der Waals surface area contributed by atoms with Gasteiger partial charge in [0.15, 0.2) is 0 Å². The summed E-state index contributed by atoms with van der Waals surface area (Å²) < 4.78 is 5.35. The Morgan fingerprint density at radius 1 is 1.57 bits per heavy atom. The molecule has 0 saturated carbocycles. The van der Waals surface area contributed by atoms with Crippen molar-refractivity contribution in [2.24, 2.45) is 5.73 Å². The molecule has 0 aromatic carbocycles. The van der Waals surface area contributed by atoms with E-state index in [0.717, 1.165) is 32.7 Å². The average Bonchev–Trinajstić information content (AvgIpc) is 2.14. The molecule has 0 aromatic heterocycles. The molecule has 0 amide bonds. The molecule has 1 unspecified atom stereocenters. The van der Waals surface area contributed by atoms with Gasteiger partial charge < -0.3 is 15.6 Å². The van der Waals surface area contributed by atoms with E-state index >= 15 is 0 Å². The number of nitrogens with zero attached hydrogens (tertiary/aromatic N) is 1. The Balaban J connectivity index is 2.33. The third-order valence-electron chi connectivity index (χ3n) is 2.63. The first-order valence-electron chi connectivity index (χ1n) is 5.27. The van der Waals surface area contributed by atoms with E-state index in [4.69, 9.17) is 10.5 Å². The molecule has 0 aliphatic carbocycles. The molecule has 14 heavy (non-hydrogen) atoms. The van der Waals surface area contributed by atoms with Crippen molar-refractivity contribution in [3.05, 3.63) is 0 Å². The molecule has 3 N–H and O–H groups in total. The quantitative estimate of drug-likeness (QED) is 0.663. The molecule has 84 valence electrons. The molecule has 1 fully saturated rings. The van der Waals surface area contributed by atoms with Crippen LogP contribution in [0, 0.1) is 0 Å². The number of hydrogen-bond donors (Lipinski definition) is 2. The van der Waals surface area contributed by atoms with Crippen LogP contribution in [0.1, 0.15) is 20.3 Å². The molecule has 4 heteroatoms. The van der Waals surface area contributed by atoms with Crippen molar-refractivity contribution in [2.45, 2.75) is 31.9 Å². The zero-order valence-electron chi connectivity index (χ0n) is 9.20. The predicted octanol–water partition coefficient (Wildman–Crippen LogP) is -0.193. The molecule has 0 bridgehead atoms. The van der Waals surface area contributed by atoms with Gasteiger partial charge in [-0.15, -0.1) is 0 Å². The van der Waals surface area contributed by atoms with Gasteiger partial charge in [0, 0.05) is 25.7 Å². The number of morpholine rings is 1. The van der Waals surface area contributed by atoms with Crippen LogP contribution in [0.25, 0.3) is 0 Å². The number of nitrogens with two attached hydrogens (primary N) is 1. The molecule has 1 rings (SSSR count). The summed E-state index contributed by atoms with van der Waals surface area (Å²) in [4.78, 5) is 2.31. The lowest BCUT2D eigenvalue weighted by molar-refractivity contribution is -0.0184. The zero-order chi connectivity index (χ0) is 10.6. The minimum absolute atomic E-state index is 0.325. The topological polar surface area (TPSA) is 58.7 Å². The van der Waals surface area contributed by atoms with Gasteiger partial charge in [0.2, 0.25) is 0 Å². The summed E-state index contributed by atoms with van der Waals surface area (Å²) in [5.41, 5.74) is 5.06. The van der Waals surface area contributed by atoms with Gasteiger partial charge in [0.05, 0.1) is 18.8 Å². The highest BCUT2D eigenvalue weighted by Crippen LogP contribution is 2.12. The number of rotatable bonds is 4. The summed E-state index contributed by atoms with van der Waals surface area (Å²) in [5.74, 6) is 0. The van der Waals surface area contributed by atoms with Gasteiger partial charge in [-0.3, -0.25) is 4.90 Å². The summed E-state index contributed by atoms with van der Waals surface area (Å²) in [6.45, 7) is 7.64. The monoisotopic (exact) mass is 202 g/mol. The summed E-state index contributed by atoms with van der Waals surface area (Å²) >= 11 is 0. The first-order chi connectivity index (χ1) is 6.53. The molecule has 1 saturated heterocycles. The number of aliphatic hydroxyl groups is 1. The third kappa shape index (κ3) is 3.92. The molecule has 1 aliphatic heterocycles. The Hall–Kier alpha value is -0.160.